The van der Waals surface area contributed by atoms with Crippen molar-refractivity contribution in [3.05, 3.63) is 290 Å². The van der Waals surface area contributed by atoms with Gasteiger partial charge < -0.3 is 0 Å². The molecule has 0 aliphatic heterocycles. The van der Waals surface area contributed by atoms with Gasteiger partial charge in [0.2, 0.25) is 0 Å². The van der Waals surface area contributed by atoms with Crippen LogP contribution in [-0.2, 0) is 32.1 Å². The summed E-state index contributed by atoms with van der Waals surface area (Å²) in [4.78, 5) is 0. The Morgan fingerprint density at radius 1 is 0.198 bits per heavy atom. The van der Waals surface area contributed by atoms with Crippen LogP contribution in [0.2, 0.25) is 0 Å². The summed E-state index contributed by atoms with van der Waals surface area (Å²) in [7, 11) is 0. The Labute approximate surface area is 486 Å². The molecular formula is C81H82. The highest BCUT2D eigenvalue weighted by molar-refractivity contribution is 5.84. The van der Waals surface area contributed by atoms with E-state index in [9.17, 15) is 0 Å². The fraction of sp³-hybridized carbons (Fsp3) is 0.259. The molecular weight excluding hydrogens is 973 g/mol. The molecule has 0 nitrogen and oxygen atoms in total. The lowest BCUT2D eigenvalue weighted by atomic mass is 9.89. The quantitative estimate of drug-likeness (QED) is 0.142. The monoisotopic (exact) mass is 1050 g/mol. The summed E-state index contributed by atoms with van der Waals surface area (Å²) in [5, 5.41) is 0. The van der Waals surface area contributed by atoms with E-state index in [2.05, 4.69) is 256 Å². The van der Waals surface area contributed by atoms with Gasteiger partial charge in [0.1, 0.15) is 0 Å². The van der Waals surface area contributed by atoms with Gasteiger partial charge in [0, 0.05) is 0 Å². The second kappa shape index (κ2) is 21.9. The zero-order valence-corrected chi connectivity index (χ0v) is 51.4. The second-order valence-electron chi connectivity index (χ2n) is 24.8. The van der Waals surface area contributed by atoms with Gasteiger partial charge in [-0.1, -0.05) is 157 Å². The molecule has 0 saturated carbocycles. The molecule has 0 N–H and O–H groups in total. The first-order chi connectivity index (χ1) is 38.7. The Kier molecular flexibility index (Phi) is 14.9. The summed E-state index contributed by atoms with van der Waals surface area (Å²) in [6, 6.07) is 54.5. The van der Waals surface area contributed by atoms with E-state index in [1.165, 1.54) is 195 Å². The smallest absolute Gasteiger partial charge is 0.00106 e. The standard InChI is InChI=1S/C17H18.4C16H16/c1-10-11(2)13(4)17-15-8-6-5-7-14(15)9-16(17)12(10)3;1-10-4-5-15-13(6-10)9-14-7-11(2)12(3)8-16(14)15;1-10-4-5-13-9-14-7-11(2)12(3)8-16(14)15(13)6-10;1-10-5-4-6-14-15(10)9-13-7-11(2)12(3)8-16(13)14;1-10-5-4-6-13-9-14-7-11(2)12(3)8-15(14)16(10)13/h5-8H,9H2,1-4H3;4*4-8H,9H2,1-3H3. The molecule has 5 aliphatic rings. The van der Waals surface area contributed by atoms with Gasteiger partial charge in [-0.3, -0.25) is 0 Å². The van der Waals surface area contributed by atoms with Gasteiger partial charge in [0.05, 0.1) is 0 Å². The van der Waals surface area contributed by atoms with Gasteiger partial charge in [-0.2, -0.15) is 0 Å². The highest BCUT2D eigenvalue weighted by Gasteiger charge is 2.26. The summed E-state index contributed by atoms with van der Waals surface area (Å²) in [5.41, 5.74) is 52.1. The molecule has 0 saturated heterocycles. The molecule has 0 atom stereocenters. The van der Waals surface area contributed by atoms with Crippen LogP contribution in [0.25, 0.3) is 55.6 Å². The van der Waals surface area contributed by atoms with Crippen LogP contribution in [0.4, 0.5) is 0 Å². The van der Waals surface area contributed by atoms with E-state index in [1.54, 1.807) is 5.56 Å². The first-order valence-corrected chi connectivity index (χ1v) is 29.7. The molecule has 5 aliphatic carbocycles. The summed E-state index contributed by atoms with van der Waals surface area (Å²) in [6.07, 6.45) is 5.53. The number of rotatable bonds is 0. The van der Waals surface area contributed by atoms with Crippen molar-refractivity contribution in [1.82, 2.24) is 0 Å². The van der Waals surface area contributed by atoms with Gasteiger partial charge in [-0.15, -0.1) is 0 Å². The summed E-state index contributed by atoms with van der Waals surface area (Å²) >= 11 is 0. The van der Waals surface area contributed by atoms with Crippen LogP contribution < -0.4 is 0 Å². The van der Waals surface area contributed by atoms with Crippen LogP contribution in [-0.4, -0.2) is 0 Å². The van der Waals surface area contributed by atoms with Crippen molar-refractivity contribution in [1.29, 1.82) is 0 Å². The topological polar surface area (TPSA) is 0 Å². The number of hydrogen-bond acceptors (Lipinski definition) is 0. The van der Waals surface area contributed by atoms with Gasteiger partial charge in [-0.05, 0) is 332 Å². The van der Waals surface area contributed by atoms with E-state index in [-0.39, 0.29) is 0 Å². The van der Waals surface area contributed by atoms with E-state index in [0.717, 1.165) is 32.1 Å². The molecule has 10 aromatic carbocycles. The predicted octanol–water partition coefficient (Wildman–Crippen LogP) is 21.2. The lowest BCUT2D eigenvalue weighted by molar-refractivity contribution is 1.15. The van der Waals surface area contributed by atoms with Crippen LogP contribution >= 0.6 is 0 Å². The zero-order valence-electron chi connectivity index (χ0n) is 51.4. The van der Waals surface area contributed by atoms with Crippen molar-refractivity contribution < 1.29 is 0 Å². The van der Waals surface area contributed by atoms with Gasteiger partial charge in [-0.25, -0.2) is 0 Å². The van der Waals surface area contributed by atoms with Gasteiger partial charge in [0.25, 0.3) is 0 Å². The molecule has 0 aromatic heterocycles. The maximum Gasteiger partial charge on any atom is -0.00106 e. The number of hydrogen-bond donors (Lipinski definition) is 0. The van der Waals surface area contributed by atoms with Crippen molar-refractivity contribution in [2.24, 2.45) is 0 Å². The molecule has 0 amide bonds. The maximum absolute atomic E-state index is 2.35. The molecule has 0 unspecified atom stereocenters. The highest BCUT2D eigenvalue weighted by atomic mass is 14.3. The van der Waals surface area contributed by atoms with Crippen LogP contribution in [0.15, 0.2) is 146 Å². The predicted molar refractivity (Wildman–Crippen MR) is 349 cm³/mol. The molecule has 0 spiro atoms. The molecule has 0 heterocycles. The van der Waals surface area contributed by atoms with Gasteiger partial charge >= 0.3 is 0 Å². The van der Waals surface area contributed by atoms with Crippen molar-refractivity contribution in [3.63, 3.8) is 0 Å². The maximum atomic E-state index is 2.35. The summed E-state index contributed by atoms with van der Waals surface area (Å²) in [6.45, 7) is 35.4. The minimum absolute atomic E-state index is 1.10. The third-order valence-corrected chi connectivity index (χ3v) is 19.3. The van der Waals surface area contributed by atoms with Crippen molar-refractivity contribution in [3.8, 4) is 55.6 Å². The normalized spacial score (nSPS) is 12.4. The Morgan fingerprint density at radius 2 is 0.605 bits per heavy atom. The van der Waals surface area contributed by atoms with Crippen LogP contribution in [0.3, 0.4) is 0 Å². The Bertz CT molecular complexity index is 4170. The van der Waals surface area contributed by atoms with Crippen LogP contribution in [0.1, 0.15) is 145 Å². The molecule has 406 valence electrons. The van der Waals surface area contributed by atoms with Crippen LogP contribution in [0.5, 0.6) is 0 Å². The minimum atomic E-state index is 1.10. The van der Waals surface area contributed by atoms with Crippen LogP contribution in [0, 0.1) is 111 Å². The second-order valence-corrected chi connectivity index (χ2v) is 24.8. The average molecular weight is 1060 g/mol. The van der Waals surface area contributed by atoms with Gasteiger partial charge in [0.15, 0.2) is 0 Å². The molecule has 81 heavy (non-hydrogen) atoms. The number of benzene rings is 10. The lowest BCUT2D eigenvalue weighted by Crippen LogP contribution is -1.98. The number of fused-ring (bicyclic) bond motifs is 15. The minimum Gasteiger partial charge on any atom is -0.0619 e. The molecule has 15 rings (SSSR count). The van der Waals surface area contributed by atoms with Crippen molar-refractivity contribution >= 4 is 0 Å². The fourth-order valence-electron chi connectivity index (χ4n) is 13.6. The van der Waals surface area contributed by atoms with Crippen molar-refractivity contribution in [2.75, 3.05) is 0 Å². The Morgan fingerprint density at radius 3 is 1.26 bits per heavy atom. The highest BCUT2D eigenvalue weighted by Crippen LogP contribution is 2.45. The Balaban J connectivity index is 0.000000107. The third-order valence-electron chi connectivity index (χ3n) is 19.3. The van der Waals surface area contributed by atoms with E-state index < -0.39 is 0 Å². The molecule has 0 radical (unpaired) electrons. The van der Waals surface area contributed by atoms with E-state index >= 15 is 0 Å². The first kappa shape index (κ1) is 55.1. The zero-order chi connectivity index (χ0) is 57.3. The van der Waals surface area contributed by atoms with E-state index in [0.29, 0.717) is 0 Å². The Hall–Kier alpha value is -7.80. The van der Waals surface area contributed by atoms with E-state index in [4.69, 9.17) is 0 Å². The SMILES string of the molecule is Cc1c(C)c(C)c2c(c1C)Cc1ccccc1-2.Cc1cc2c(cc1C)-c1c(C)cccc1C2.Cc1cc2c(cc1C)-c1cccc(C)c1C2.Cc1ccc2c(c1)-c1cc(C)c(C)cc1C2.Cc1ccc2c(c1)Cc1cc(C)c(C)cc1-2. The molecule has 0 fully saturated rings. The summed E-state index contributed by atoms with van der Waals surface area (Å²) in [5.74, 6) is 0. The largest absolute Gasteiger partial charge is 0.0619 e. The van der Waals surface area contributed by atoms with Crippen molar-refractivity contribution in [2.45, 2.75) is 143 Å². The first-order valence-electron chi connectivity index (χ1n) is 29.7. The van der Waals surface area contributed by atoms with E-state index in [1.807, 2.05) is 0 Å². The summed E-state index contributed by atoms with van der Waals surface area (Å²) < 4.78 is 0. The number of aryl methyl sites for hydroxylation is 12. The molecule has 0 bridgehead atoms. The average Bonchev–Trinajstić information content (AvgIpc) is 4.32. The lowest BCUT2D eigenvalue weighted by Gasteiger charge is -2.16. The molecule has 0 heteroatoms. The fourth-order valence-corrected chi connectivity index (χ4v) is 13.6. The third kappa shape index (κ3) is 10.4. The molecule has 10 aromatic rings.